The number of halogens is 2. The maximum Gasteiger partial charge on any atom is 0.272 e. The predicted octanol–water partition coefficient (Wildman–Crippen LogP) is 5.13. The molecule has 0 aliphatic rings. The Labute approximate surface area is 235 Å². The van der Waals surface area contributed by atoms with Crippen LogP contribution in [0.1, 0.15) is 38.0 Å². The monoisotopic (exact) mass is 588 g/mol. The topological polar surface area (TPSA) is 151 Å². The number of benzene rings is 2. The molecule has 0 saturated carbocycles. The fraction of sp³-hybridized carbons (Fsp3) is 0.308. The van der Waals surface area contributed by atoms with E-state index in [0.717, 1.165) is 17.8 Å². The van der Waals surface area contributed by atoms with Crippen LogP contribution in [0.15, 0.2) is 55.1 Å². The van der Waals surface area contributed by atoms with Crippen molar-refractivity contribution in [3.05, 3.63) is 104 Å². The number of hydrogen-bond donors (Lipinski definition) is 1. The smallest absolute Gasteiger partial charge is 0.272 e. The van der Waals surface area contributed by atoms with Crippen LogP contribution in [-0.4, -0.2) is 43.1 Å². The van der Waals surface area contributed by atoms with Crippen molar-refractivity contribution in [1.29, 1.82) is 0 Å². The lowest BCUT2D eigenvalue weighted by molar-refractivity contribution is -0.385. The van der Waals surface area contributed by atoms with Gasteiger partial charge in [-0.25, -0.2) is 18.7 Å². The Balaban J connectivity index is 0.000000239. The molecule has 0 radical (unpaired) electrons. The van der Waals surface area contributed by atoms with E-state index >= 15 is 0 Å². The summed E-state index contributed by atoms with van der Waals surface area (Å²) in [5.74, 6) is -0.792. The van der Waals surface area contributed by atoms with Gasteiger partial charge in [-0.1, -0.05) is 20.8 Å². The van der Waals surface area contributed by atoms with Gasteiger partial charge in [0.1, 0.15) is 5.82 Å². The van der Waals surface area contributed by atoms with Crippen LogP contribution < -0.4 is 0 Å². The van der Waals surface area contributed by atoms with Crippen LogP contribution >= 0.6 is 0 Å². The molecule has 0 saturated heterocycles. The minimum absolute atomic E-state index is 0.141. The summed E-state index contributed by atoms with van der Waals surface area (Å²) < 4.78 is 36.7. The Kier molecular flexibility index (Phi) is 9.80. The van der Waals surface area contributed by atoms with Crippen molar-refractivity contribution in [1.82, 2.24) is 19.1 Å². The number of imidazole rings is 2. The van der Waals surface area contributed by atoms with E-state index in [2.05, 4.69) is 9.97 Å². The molecule has 0 atom stereocenters. The van der Waals surface area contributed by atoms with Gasteiger partial charge in [0, 0.05) is 29.9 Å². The Bertz CT molecular complexity index is 1550. The molecule has 2 aromatic carbocycles. The zero-order valence-electron chi connectivity index (χ0n) is 23.1. The van der Waals surface area contributed by atoms with Crippen LogP contribution in [0.5, 0.6) is 0 Å². The molecule has 0 amide bonds. The molecule has 0 unspecified atom stereocenters. The zero-order valence-corrected chi connectivity index (χ0v) is 24.3. The number of aliphatic hydroxyl groups is 1. The summed E-state index contributed by atoms with van der Waals surface area (Å²) in [5, 5.41) is 30.0. The van der Waals surface area contributed by atoms with Crippen molar-refractivity contribution in [2.45, 2.75) is 52.5 Å². The van der Waals surface area contributed by atoms with Crippen molar-refractivity contribution in [2.75, 3.05) is 0 Å². The summed E-state index contributed by atoms with van der Waals surface area (Å²) in [6.45, 7) is 10.2. The summed E-state index contributed by atoms with van der Waals surface area (Å²) in [6, 6.07) is 6.95. The fourth-order valence-corrected chi connectivity index (χ4v) is 4.01. The number of non-ortho nitro benzene ring substituents is 2. The summed E-state index contributed by atoms with van der Waals surface area (Å²) >= 11 is 0. The molecule has 1 N–H and O–H groups in total. The highest BCUT2D eigenvalue weighted by atomic mass is 28.3. The number of rotatable bonds is 8. The average Bonchev–Trinajstić information content (AvgIpc) is 3.55. The minimum Gasteiger partial charge on any atom is -0.413 e. The standard InChI is InChI=1S/C16H22FN3O3Si.C10H8FN3O3/c1-16(2,3)14-9-19(15(18-14)10-23-24(4)5)13-7-6-11(20(21)22)8-12(13)17;11-9-3-8(14(16)17)1-2-10(9)13-4-7(5-15)12-6-13/h6-9,24H,10H2,1-5H3;1-4,6,15H,5H2. The minimum atomic E-state index is -1.26. The first-order valence-corrected chi connectivity index (χ1v) is 15.2. The quantitative estimate of drug-likeness (QED) is 0.169. The number of nitro groups is 2. The molecule has 41 heavy (non-hydrogen) atoms. The first kappa shape index (κ1) is 31.2. The van der Waals surface area contributed by atoms with Gasteiger partial charge in [0.15, 0.2) is 20.7 Å². The number of nitrogens with zero attached hydrogens (tertiary/aromatic N) is 6. The van der Waals surface area contributed by atoms with E-state index in [1.807, 2.05) is 33.9 Å². The number of hydrogen-bond acceptors (Lipinski definition) is 8. The molecular weight excluding hydrogens is 558 g/mol. The largest absolute Gasteiger partial charge is 0.413 e. The van der Waals surface area contributed by atoms with E-state index in [-0.39, 0.29) is 41.4 Å². The summed E-state index contributed by atoms with van der Waals surface area (Å²) in [5.41, 5.74) is 0.781. The second-order valence-electron chi connectivity index (χ2n) is 10.2. The number of aliphatic hydroxyl groups excluding tert-OH is 1. The molecule has 0 aliphatic heterocycles. The van der Waals surface area contributed by atoms with Crippen LogP contribution in [0.2, 0.25) is 13.1 Å². The highest BCUT2D eigenvalue weighted by molar-refractivity contribution is 6.48. The molecule has 4 aromatic rings. The van der Waals surface area contributed by atoms with Gasteiger partial charge < -0.3 is 14.1 Å². The van der Waals surface area contributed by atoms with Crippen molar-refractivity contribution < 1.29 is 28.2 Å². The van der Waals surface area contributed by atoms with Crippen LogP contribution in [-0.2, 0) is 23.1 Å². The van der Waals surface area contributed by atoms with Gasteiger partial charge in [-0.15, -0.1) is 0 Å². The lowest BCUT2D eigenvalue weighted by Crippen LogP contribution is -2.12. The third-order valence-corrected chi connectivity index (χ3v) is 6.55. The zero-order chi connectivity index (χ0) is 30.5. The molecule has 218 valence electrons. The second kappa shape index (κ2) is 12.9. The van der Waals surface area contributed by atoms with E-state index in [1.165, 1.54) is 41.4 Å². The Hall–Kier alpha value is -4.34. The normalized spacial score (nSPS) is 11.3. The van der Waals surface area contributed by atoms with Crippen molar-refractivity contribution in [3.8, 4) is 11.4 Å². The molecule has 0 fully saturated rings. The van der Waals surface area contributed by atoms with Gasteiger partial charge in [0.2, 0.25) is 0 Å². The van der Waals surface area contributed by atoms with Gasteiger partial charge in [0.05, 0.1) is 64.3 Å². The highest BCUT2D eigenvalue weighted by Crippen LogP contribution is 2.27. The summed E-state index contributed by atoms with van der Waals surface area (Å²) in [7, 11) is -1.26. The van der Waals surface area contributed by atoms with Gasteiger partial charge in [-0.2, -0.15) is 0 Å². The van der Waals surface area contributed by atoms with Crippen LogP contribution in [0.25, 0.3) is 11.4 Å². The third-order valence-electron chi connectivity index (χ3n) is 5.71. The third kappa shape index (κ3) is 7.87. The van der Waals surface area contributed by atoms with E-state index in [4.69, 9.17) is 9.53 Å². The molecule has 15 heteroatoms. The van der Waals surface area contributed by atoms with E-state index in [0.29, 0.717) is 11.5 Å². The predicted molar refractivity (Wildman–Crippen MR) is 149 cm³/mol. The maximum absolute atomic E-state index is 14.4. The van der Waals surface area contributed by atoms with E-state index in [1.54, 1.807) is 10.8 Å². The van der Waals surface area contributed by atoms with Crippen molar-refractivity contribution in [2.24, 2.45) is 0 Å². The van der Waals surface area contributed by atoms with Gasteiger partial charge in [0.25, 0.3) is 11.4 Å². The lowest BCUT2D eigenvalue weighted by atomic mass is 9.93. The summed E-state index contributed by atoms with van der Waals surface area (Å²) in [6.07, 6.45) is 4.55. The highest BCUT2D eigenvalue weighted by Gasteiger charge is 2.22. The van der Waals surface area contributed by atoms with Gasteiger partial charge in [-0.05, 0) is 25.2 Å². The lowest BCUT2D eigenvalue weighted by Gasteiger charge is -2.14. The van der Waals surface area contributed by atoms with E-state index in [9.17, 15) is 29.0 Å². The maximum atomic E-state index is 14.4. The molecule has 0 spiro atoms. The van der Waals surface area contributed by atoms with Crippen LogP contribution in [0.3, 0.4) is 0 Å². The van der Waals surface area contributed by atoms with Crippen molar-refractivity contribution >= 4 is 20.4 Å². The van der Waals surface area contributed by atoms with E-state index < -0.39 is 30.5 Å². The van der Waals surface area contributed by atoms with Crippen molar-refractivity contribution in [3.63, 3.8) is 0 Å². The molecule has 2 aromatic heterocycles. The Morgan fingerprint density at radius 3 is 1.98 bits per heavy atom. The Morgan fingerprint density at radius 2 is 1.54 bits per heavy atom. The number of nitro benzene ring substituents is 2. The molecule has 4 rings (SSSR count). The van der Waals surface area contributed by atoms with Gasteiger partial charge in [-0.3, -0.25) is 24.8 Å². The molecule has 12 nitrogen and oxygen atoms in total. The van der Waals surface area contributed by atoms with Crippen LogP contribution in [0, 0.1) is 31.9 Å². The Morgan fingerprint density at radius 1 is 0.976 bits per heavy atom. The first-order chi connectivity index (χ1) is 19.2. The fourth-order valence-electron chi connectivity index (χ4n) is 3.53. The van der Waals surface area contributed by atoms with Crippen LogP contribution in [0.4, 0.5) is 20.2 Å². The molecular formula is C26H30F2N6O6Si. The van der Waals surface area contributed by atoms with Gasteiger partial charge >= 0.3 is 0 Å². The average molecular weight is 589 g/mol. The summed E-state index contributed by atoms with van der Waals surface area (Å²) in [4.78, 5) is 28.4. The molecule has 2 heterocycles. The second-order valence-corrected chi connectivity index (χ2v) is 12.7. The SMILES string of the molecule is C[SiH](C)OCc1nc(C(C)(C)C)cn1-c1ccc([N+](=O)[O-])cc1F.O=[N+]([O-])c1ccc(-n2cnc(CO)c2)c(F)c1. The molecule has 0 aliphatic carbocycles. The number of aromatic nitrogens is 4. The molecule has 0 bridgehead atoms. The first-order valence-electron chi connectivity index (χ1n) is 12.4.